The number of aromatic carboxylic acids is 1. The maximum absolute atomic E-state index is 11.4. The Morgan fingerprint density at radius 3 is 2.57 bits per heavy atom. The van der Waals surface area contributed by atoms with Crippen molar-refractivity contribution in [2.75, 3.05) is 20.1 Å². The average molecular weight is 378 g/mol. The van der Waals surface area contributed by atoms with Crippen molar-refractivity contribution in [3.05, 3.63) is 71.3 Å². The molecule has 0 radical (unpaired) electrons. The van der Waals surface area contributed by atoms with E-state index in [1.165, 1.54) is 43.2 Å². The number of likely N-dealkylation sites (tertiary alicyclic amines) is 1. The van der Waals surface area contributed by atoms with Gasteiger partial charge >= 0.3 is 5.97 Å². The average Bonchev–Trinajstić information content (AvgIpc) is 3.49. The van der Waals surface area contributed by atoms with Crippen LogP contribution in [0.25, 0.3) is 0 Å². The van der Waals surface area contributed by atoms with E-state index in [-0.39, 0.29) is 0 Å². The van der Waals surface area contributed by atoms with Crippen LogP contribution in [0.5, 0.6) is 0 Å². The zero-order valence-corrected chi connectivity index (χ0v) is 16.8. The molecule has 2 aromatic carbocycles. The highest BCUT2D eigenvalue weighted by molar-refractivity contribution is 5.87. The second-order valence-corrected chi connectivity index (χ2v) is 9.04. The summed E-state index contributed by atoms with van der Waals surface area (Å²) >= 11 is 0. The van der Waals surface area contributed by atoms with Gasteiger partial charge in [-0.3, -0.25) is 0 Å². The van der Waals surface area contributed by atoms with Crippen LogP contribution < -0.4 is 0 Å². The third-order valence-electron chi connectivity index (χ3n) is 7.00. The first-order valence-corrected chi connectivity index (χ1v) is 10.6. The molecule has 0 amide bonds. The molecular formula is C25H31NO2. The van der Waals surface area contributed by atoms with Crippen LogP contribution in [0.3, 0.4) is 0 Å². The Labute approximate surface area is 168 Å². The minimum Gasteiger partial charge on any atom is -0.478 e. The van der Waals surface area contributed by atoms with Crippen LogP contribution in [-0.2, 0) is 6.42 Å². The Bertz CT molecular complexity index is 808. The second kappa shape index (κ2) is 8.08. The molecule has 1 unspecified atom stereocenters. The van der Waals surface area contributed by atoms with Gasteiger partial charge < -0.3 is 10.0 Å². The number of carboxylic acid groups (broad SMARTS) is 1. The van der Waals surface area contributed by atoms with Crippen molar-refractivity contribution in [1.29, 1.82) is 0 Å². The number of hydrogen-bond acceptors (Lipinski definition) is 2. The number of carboxylic acids is 1. The van der Waals surface area contributed by atoms with Gasteiger partial charge in [0.2, 0.25) is 0 Å². The summed E-state index contributed by atoms with van der Waals surface area (Å²) < 4.78 is 0. The third-order valence-corrected chi connectivity index (χ3v) is 7.00. The van der Waals surface area contributed by atoms with Gasteiger partial charge in [-0.2, -0.15) is 0 Å². The molecule has 1 heterocycles. The number of carbonyl (C=O) groups is 1. The molecule has 1 aliphatic heterocycles. The van der Waals surface area contributed by atoms with Gasteiger partial charge in [0.1, 0.15) is 0 Å². The molecule has 1 N–H and O–H groups in total. The maximum Gasteiger partial charge on any atom is 0.335 e. The highest BCUT2D eigenvalue weighted by atomic mass is 16.4. The number of rotatable bonds is 7. The van der Waals surface area contributed by atoms with Crippen molar-refractivity contribution in [2.24, 2.45) is 11.3 Å². The molecule has 2 atom stereocenters. The predicted octanol–water partition coefficient (Wildman–Crippen LogP) is 5.22. The normalized spacial score (nSPS) is 24.0. The highest BCUT2D eigenvalue weighted by Gasteiger charge is 2.41. The Balaban J connectivity index is 1.43. The molecule has 3 heteroatoms. The first kappa shape index (κ1) is 19.2. The van der Waals surface area contributed by atoms with Crippen LogP contribution in [0.4, 0.5) is 0 Å². The monoisotopic (exact) mass is 377 g/mol. The summed E-state index contributed by atoms with van der Waals surface area (Å²) in [5.74, 6) is 0.743. The van der Waals surface area contributed by atoms with E-state index in [4.69, 9.17) is 0 Å². The van der Waals surface area contributed by atoms with Crippen molar-refractivity contribution in [2.45, 2.75) is 44.4 Å². The van der Waals surface area contributed by atoms with E-state index in [1.54, 1.807) is 6.07 Å². The third kappa shape index (κ3) is 4.47. The lowest BCUT2D eigenvalue weighted by Gasteiger charge is -2.41. The van der Waals surface area contributed by atoms with Crippen LogP contribution >= 0.6 is 0 Å². The molecule has 0 bridgehead atoms. The minimum atomic E-state index is -0.831. The minimum absolute atomic E-state index is 0.313. The summed E-state index contributed by atoms with van der Waals surface area (Å²) in [6, 6.07) is 18.5. The molecule has 28 heavy (non-hydrogen) atoms. The van der Waals surface area contributed by atoms with Crippen molar-refractivity contribution < 1.29 is 9.90 Å². The van der Waals surface area contributed by atoms with Crippen LogP contribution in [0.15, 0.2) is 54.6 Å². The molecule has 2 fully saturated rings. The topological polar surface area (TPSA) is 40.5 Å². The first-order chi connectivity index (χ1) is 13.5. The van der Waals surface area contributed by atoms with Crippen LogP contribution in [0.2, 0.25) is 0 Å². The summed E-state index contributed by atoms with van der Waals surface area (Å²) in [7, 11) is 2.21. The highest BCUT2D eigenvalue weighted by Crippen LogP contribution is 2.52. The number of piperidine rings is 1. The molecule has 2 aliphatic rings. The fourth-order valence-electron chi connectivity index (χ4n) is 5.02. The van der Waals surface area contributed by atoms with Gasteiger partial charge in [0, 0.05) is 0 Å². The van der Waals surface area contributed by atoms with Crippen molar-refractivity contribution >= 4 is 5.97 Å². The zero-order chi connectivity index (χ0) is 19.6. The summed E-state index contributed by atoms with van der Waals surface area (Å²) in [6.45, 7) is 2.29. The van der Waals surface area contributed by atoms with E-state index >= 15 is 0 Å². The number of benzene rings is 2. The first-order valence-electron chi connectivity index (χ1n) is 10.6. The molecule has 3 nitrogen and oxygen atoms in total. The molecule has 1 saturated heterocycles. The molecule has 2 aromatic rings. The van der Waals surface area contributed by atoms with Crippen LogP contribution in [-0.4, -0.2) is 36.1 Å². The lowest BCUT2D eigenvalue weighted by atomic mass is 9.70. The molecule has 1 aliphatic carbocycles. The Hall–Kier alpha value is -2.13. The zero-order valence-electron chi connectivity index (χ0n) is 16.8. The number of nitrogens with zero attached hydrogens (tertiary/aromatic N) is 1. The molecule has 4 rings (SSSR count). The summed E-state index contributed by atoms with van der Waals surface area (Å²) in [5, 5.41) is 9.33. The van der Waals surface area contributed by atoms with Crippen LogP contribution in [0.1, 0.15) is 59.5 Å². The van der Waals surface area contributed by atoms with Crippen molar-refractivity contribution in [1.82, 2.24) is 4.90 Å². The van der Waals surface area contributed by atoms with Gasteiger partial charge in [0.25, 0.3) is 0 Å². The Morgan fingerprint density at radius 2 is 1.86 bits per heavy atom. The van der Waals surface area contributed by atoms with Gasteiger partial charge in [0.05, 0.1) is 5.56 Å². The molecule has 1 saturated carbocycles. The lowest BCUT2D eigenvalue weighted by Crippen LogP contribution is -2.39. The second-order valence-electron chi connectivity index (χ2n) is 9.04. The fraction of sp³-hybridized carbons (Fsp3) is 0.480. The fourth-order valence-corrected chi connectivity index (χ4v) is 5.02. The van der Waals surface area contributed by atoms with Gasteiger partial charge in [-0.05, 0) is 99.2 Å². The Kier molecular flexibility index (Phi) is 5.54. The van der Waals surface area contributed by atoms with E-state index in [0.29, 0.717) is 11.0 Å². The lowest BCUT2D eigenvalue weighted by molar-refractivity contribution is 0.0696. The molecule has 0 aromatic heterocycles. The molecule has 0 spiro atoms. The Morgan fingerprint density at radius 1 is 1.11 bits per heavy atom. The largest absolute Gasteiger partial charge is 0.478 e. The number of hydrogen-bond donors (Lipinski definition) is 1. The van der Waals surface area contributed by atoms with Crippen molar-refractivity contribution in [3.8, 4) is 0 Å². The van der Waals surface area contributed by atoms with Gasteiger partial charge in [-0.1, -0.05) is 42.5 Å². The van der Waals surface area contributed by atoms with Gasteiger partial charge in [0.15, 0.2) is 0 Å². The van der Waals surface area contributed by atoms with Gasteiger partial charge in [-0.25, -0.2) is 4.79 Å². The summed E-state index contributed by atoms with van der Waals surface area (Å²) in [4.78, 5) is 13.8. The standard InChI is InChI=1S/C25H31NO2/c1-26-14-12-25(13-15-26,18-19-6-5-9-22(16-19)24(27)28)11-10-21-17-23(21)20-7-3-2-4-8-20/h2-9,16,21,23H,10-15,17-18H2,1H3,(H,27,28)/t21-,23?/m1/s1. The molecular weight excluding hydrogens is 346 g/mol. The predicted molar refractivity (Wildman–Crippen MR) is 113 cm³/mol. The van der Waals surface area contributed by atoms with Crippen molar-refractivity contribution in [3.63, 3.8) is 0 Å². The van der Waals surface area contributed by atoms with Crippen LogP contribution in [0, 0.1) is 11.3 Å². The van der Waals surface area contributed by atoms with E-state index in [9.17, 15) is 9.90 Å². The summed E-state index contributed by atoms with van der Waals surface area (Å²) in [6.07, 6.45) is 7.31. The van der Waals surface area contributed by atoms with E-state index in [2.05, 4.69) is 48.3 Å². The molecule has 148 valence electrons. The van der Waals surface area contributed by atoms with E-state index in [1.807, 2.05) is 12.1 Å². The van der Waals surface area contributed by atoms with Gasteiger partial charge in [-0.15, -0.1) is 0 Å². The quantitative estimate of drug-likeness (QED) is 0.719. The van der Waals surface area contributed by atoms with E-state index < -0.39 is 5.97 Å². The summed E-state index contributed by atoms with van der Waals surface area (Å²) in [5.41, 5.74) is 3.40. The maximum atomic E-state index is 11.4. The smallest absolute Gasteiger partial charge is 0.335 e. The SMILES string of the molecule is CN1CCC(CC[C@@H]2CC2c2ccccc2)(Cc2cccc(C(=O)O)c2)CC1. The van der Waals surface area contributed by atoms with E-state index in [0.717, 1.165) is 31.3 Å².